The van der Waals surface area contributed by atoms with Crippen molar-refractivity contribution in [1.29, 1.82) is 0 Å². The van der Waals surface area contributed by atoms with Gasteiger partial charge in [0, 0.05) is 19.8 Å². The average Bonchev–Trinajstić information content (AvgIpc) is 2.86. The van der Waals surface area contributed by atoms with Crippen LogP contribution in [-0.4, -0.2) is 30.0 Å². The summed E-state index contributed by atoms with van der Waals surface area (Å²) in [4.78, 5) is 13.9. The Morgan fingerprint density at radius 1 is 1.09 bits per heavy atom. The van der Waals surface area contributed by atoms with Gasteiger partial charge in [-0.05, 0) is 61.4 Å². The summed E-state index contributed by atoms with van der Waals surface area (Å²) in [5, 5.41) is 17.8. The number of phenolic OH excluding ortho intramolecular Hbond substituents is 1. The van der Waals surface area contributed by atoms with Crippen molar-refractivity contribution in [3.63, 3.8) is 0 Å². The molecular formula is C30H43N3O2. The molecule has 0 bridgehead atoms. The van der Waals surface area contributed by atoms with Crippen LogP contribution >= 0.6 is 0 Å². The number of anilines is 1. The maximum absolute atomic E-state index is 12.4. The van der Waals surface area contributed by atoms with Gasteiger partial charge in [-0.3, -0.25) is 4.79 Å². The Morgan fingerprint density at radius 2 is 1.77 bits per heavy atom. The first kappa shape index (κ1) is 28.0. The first-order valence-electron chi connectivity index (χ1n) is 12.8. The number of hydrogen-bond acceptors (Lipinski definition) is 4. The van der Waals surface area contributed by atoms with Crippen LogP contribution in [0.2, 0.25) is 0 Å². The van der Waals surface area contributed by atoms with Crippen molar-refractivity contribution in [1.82, 2.24) is 10.2 Å². The van der Waals surface area contributed by atoms with E-state index in [4.69, 9.17) is 0 Å². The molecule has 1 atom stereocenters. The molecule has 2 aromatic rings. The highest BCUT2D eigenvalue weighted by Gasteiger charge is 2.22. The summed E-state index contributed by atoms with van der Waals surface area (Å²) in [6.07, 6.45) is 6.76. The summed E-state index contributed by atoms with van der Waals surface area (Å²) in [6, 6.07) is 14.0. The summed E-state index contributed by atoms with van der Waals surface area (Å²) in [5.74, 6) is -0.298. The molecule has 1 aliphatic carbocycles. The second kappa shape index (κ2) is 13.6. The molecule has 0 fully saturated rings. The first-order valence-corrected chi connectivity index (χ1v) is 12.8. The summed E-state index contributed by atoms with van der Waals surface area (Å²) in [6.45, 7) is 12.6. The van der Waals surface area contributed by atoms with Crippen molar-refractivity contribution >= 4 is 11.6 Å². The van der Waals surface area contributed by atoms with E-state index < -0.39 is 0 Å². The molecule has 0 aromatic heterocycles. The number of fused-ring (bicyclic) bond motifs is 1. The summed E-state index contributed by atoms with van der Waals surface area (Å²) in [5.41, 5.74) is 6.25. The lowest BCUT2D eigenvalue weighted by atomic mass is 9.87. The molecule has 0 saturated heterocycles. The Bertz CT molecular complexity index is 1040. The van der Waals surface area contributed by atoms with E-state index in [-0.39, 0.29) is 23.3 Å². The van der Waals surface area contributed by atoms with E-state index in [1.807, 2.05) is 6.92 Å². The maximum Gasteiger partial charge on any atom is 0.257 e. The number of unbranched alkanes of at least 4 members (excludes halogenated alkanes) is 1. The van der Waals surface area contributed by atoms with Gasteiger partial charge < -0.3 is 20.6 Å². The fraction of sp³-hybridized carbons (Fsp3) is 0.433. The van der Waals surface area contributed by atoms with Crippen LogP contribution in [0.5, 0.6) is 5.75 Å². The van der Waals surface area contributed by atoms with Crippen LogP contribution in [0, 0.1) is 0 Å². The van der Waals surface area contributed by atoms with E-state index in [0.29, 0.717) is 5.69 Å². The van der Waals surface area contributed by atoms with Gasteiger partial charge in [0.1, 0.15) is 0 Å². The quantitative estimate of drug-likeness (QED) is 0.278. The minimum atomic E-state index is -0.241. The number of amides is 1. The fourth-order valence-corrected chi connectivity index (χ4v) is 4.10. The van der Waals surface area contributed by atoms with E-state index in [1.54, 1.807) is 32.3 Å². The number of nitrogens with one attached hydrogen (secondary N) is 2. The van der Waals surface area contributed by atoms with Crippen LogP contribution in [0.1, 0.15) is 87.3 Å². The molecule has 0 heterocycles. The number of carbonyl (C=O) groups is 1. The van der Waals surface area contributed by atoms with Crippen LogP contribution in [-0.2, 0) is 6.42 Å². The number of hydrogen-bond donors (Lipinski definition) is 3. The third-order valence-electron chi connectivity index (χ3n) is 6.23. The Hall–Kier alpha value is -3.21. The van der Waals surface area contributed by atoms with Crippen molar-refractivity contribution in [3.05, 3.63) is 82.7 Å². The SMILES string of the molecule is C=C(C)/C(Nc1cccc(C(=O)N(C)C)c1O)=C(\CC)NC1CCCc2ccccc21.CCCC. The van der Waals surface area contributed by atoms with Gasteiger partial charge in [-0.25, -0.2) is 0 Å². The molecule has 5 nitrogen and oxygen atoms in total. The average molecular weight is 478 g/mol. The minimum absolute atomic E-state index is 0.0570. The molecule has 0 saturated carbocycles. The van der Waals surface area contributed by atoms with E-state index in [9.17, 15) is 9.90 Å². The number of aromatic hydroxyl groups is 1. The normalized spacial score (nSPS) is 15.1. The topological polar surface area (TPSA) is 64.6 Å². The Kier molecular flexibility index (Phi) is 10.9. The molecule has 1 aliphatic rings. The van der Waals surface area contributed by atoms with Crippen molar-refractivity contribution in [2.45, 2.75) is 72.3 Å². The van der Waals surface area contributed by atoms with Gasteiger partial charge in [-0.15, -0.1) is 0 Å². The molecule has 1 amide bonds. The molecule has 5 heteroatoms. The van der Waals surface area contributed by atoms with Crippen molar-refractivity contribution in [2.75, 3.05) is 19.4 Å². The monoisotopic (exact) mass is 477 g/mol. The summed E-state index contributed by atoms with van der Waals surface area (Å²) >= 11 is 0. The molecule has 3 rings (SSSR count). The van der Waals surface area contributed by atoms with Crippen LogP contribution in [0.25, 0.3) is 0 Å². The second-order valence-corrected chi connectivity index (χ2v) is 9.30. The standard InChI is InChI=1S/C26H33N3O2.C4H10/c1-6-21(27-22-15-9-12-18-11-7-8-13-19(18)22)24(17(2)3)28-23-16-10-14-20(25(23)30)26(31)29(4)5;1-3-4-2/h7-8,10-11,13-14,16,22,27-28,30H,2,6,9,12,15H2,1,3-5H3;3-4H2,1-2H3/b24-21-;. The highest BCUT2D eigenvalue weighted by molar-refractivity contribution is 5.98. The Morgan fingerprint density at radius 3 is 2.37 bits per heavy atom. The van der Waals surface area contributed by atoms with E-state index >= 15 is 0 Å². The molecule has 1 unspecified atom stereocenters. The largest absolute Gasteiger partial charge is 0.505 e. The number of rotatable bonds is 8. The van der Waals surface area contributed by atoms with Crippen molar-refractivity contribution in [3.8, 4) is 5.75 Å². The van der Waals surface area contributed by atoms with Crippen LogP contribution in [0.4, 0.5) is 5.69 Å². The zero-order valence-corrected chi connectivity index (χ0v) is 22.4. The lowest BCUT2D eigenvalue weighted by Crippen LogP contribution is -2.27. The molecule has 190 valence electrons. The maximum atomic E-state index is 12.4. The molecule has 0 aliphatic heterocycles. The van der Waals surface area contributed by atoms with Gasteiger partial charge in [0.2, 0.25) is 0 Å². The number of nitrogens with zero attached hydrogens (tertiary/aromatic N) is 1. The lowest BCUT2D eigenvalue weighted by Gasteiger charge is -2.30. The first-order chi connectivity index (χ1) is 16.7. The van der Waals surface area contributed by atoms with Gasteiger partial charge in [0.05, 0.1) is 23.0 Å². The highest BCUT2D eigenvalue weighted by atomic mass is 16.3. The second-order valence-electron chi connectivity index (χ2n) is 9.30. The van der Waals surface area contributed by atoms with Crippen LogP contribution in [0.3, 0.4) is 0 Å². The number of phenols is 1. The van der Waals surface area contributed by atoms with E-state index in [1.165, 1.54) is 28.9 Å². The number of benzene rings is 2. The number of allylic oxidation sites excluding steroid dienone is 2. The third-order valence-corrected chi connectivity index (χ3v) is 6.23. The molecule has 0 radical (unpaired) electrons. The minimum Gasteiger partial charge on any atom is -0.505 e. The zero-order chi connectivity index (χ0) is 26.0. The lowest BCUT2D eigenvalue weighted by molar-refractivity contribution is 0.0824. The number of aryl methyl sites for hydroxylation is 1. The smallest absolute Gasteiger partial charge is 0.257 e. The van der Waals surface area contributed by atoms with Gasteiger partial charge in [-0.2, -0.15) is 0 Å². The predicted molar refractivity (Wildman–Crippen MR) is 148 cm³/mol. The van der Waals surface area contributed by atoms with Gasteiger partial charge in [-0.1, -0.05) is 70.5 Å². The zero-order valence-electron chi connectivity index (χ0n) is 22.4. The summed E-state index contributed by atoms with van der Waals surface area (Å²) < 4.78 is 0. The third kappa shape index (κ3) is 7.38. The van der Waals surface area contributed by atoms with Gasteiger partial charge in [0.25, 0.3) is 5.91 Å². The van der Waals surface area contributed by atoms with E-state index in [2.05, 4.69) is 62.2 Å². The Balaban J connectivity index is 0.00000100. The molecule has 3 N–H and O–H groups in total. The molecule has 35 heavy (non-hydrogen) atoms. The Labute approximate surface area is 211 Å². The molecular weight excluding hydrogens is 434 g/mol. The predicted octanol–water partition coefficient (Wildman–Crippen LogP) is 7.18. The van der Waals surface area contributed by atoms with Crippen molar-refractivity contribution in [2.24, 2.45) is 0 Å². The van der Waals surface area contributed by atoms with Gasteiger partial charge in [0.15, 0.2) is 5.75 Å². The number of para-hydroxylation sites is 1. The number of carbonyl (C=O) groups excluding carboxylic acids is 1. The van der Waals surface area contributed by atoms with Gasteiger partial charge >= 0.3 is 0 Å². The fourth-order valence-electron chi connectivity index (χ4n) is 4.10. The molecule has 2 aromatic carbocycles. The highest BCUT2D eigenvalue weighted by Crippen LogP contribution is 2.33. The molecule has 0 spiro atoms. The summed E-state index contributed by atoms with van der Waals surface area (Å²) in [7, 11) is 3.34. The van der Waals surface area contributed by atoms with Crippen LogP contribution < -0.4 is 10.6 Å². The van der Waals surface area contributed by atoms with Crippen LogP contribution in [0.15, 0.2) is 66.0 Å². The van der Waals surface area contributed by atoms with E-state index in [0.717, 1.165) is 42.7 Å². The van der Waals surface area contributed by atoms with Crippen molar-refractivity contribution < 1.29 is 9.90 Å².